The Kier molecular flexibility index (Phi) is 6.68. The van der Waals surface area contributed by atoms with Gasteiger partial charge in [0.2, 0.25) is 0 Å². The predicted octanol–water partition coefficient (Wildman–Crippen LogP) is 2.80. The van der Waals surface area contributed by atoms with Gasteiger partial charge in [-0.15, -0.1) is 0 Å². The van der Waals surface area contributed by atoms with E-state index in [1.807, 2.05) is 0 Å². The van der Waals surface area contributed by atoms with Crippen LogP contribution in [0.25, 0.3) is 0 Å². The highest BCUT2D eigenvalue weighted by Gasteiger charge is 2.17. The molecule has 0 aliphatic rings. The number of aryl methyl sites for hydroxylation is 1. The van der Waals surface area contributed by atoms with E-state index in [2.05, 4.69) is 10.1 Å². The lowest BCUT2D eigenvalue weighted by Gasteiger charge is -2.12. The number of hydrogen-bond donors (Lipinski definition) is 1. The van der Waals surface area contributed by atoms with Gasteiger partial charge in [0.15, 0.2) is 16.4 Å². The quantitative estimate of drug-likeness (QED) is 0.701. The summed E-state index contributed by atoms with van der Waals surface area (Å²) < 4.78 is 57.2. The molecule has 0 saturated heterocycles. The van der Waals surface area contributed by atoms with E-state index in [-0.39, 0.29) is 21.9 Å². The number of ether oxygens (including phenoxy) is 2. The van der Waals surface area contributed by atoms with Crippen LogP contribution in [0.4, 0.5) is 14.5 Å². The number of benzene rings is 2. The number of nitrogens with one attached hydrogen (secondary N) is 1. The number of rotatable bonds is 7. The van der Waals surface area contributed by atoms with Crippen LogP contribution in [0.1, 0.15) is 15.9 Å². The standard InChI is InChI=1S/C18H17F2NO6S/c1-11-7-8-12(28(2,24)25)9-13(11)17(23)26-10-16(22)21-14-5-3-4-6-15(14)27-18(19)20/h3-9,18H,10H2,1-2H3,(H,21,22). The van der Waals surface area contributed by atoms with E-state index < -0.39 is 34.9 Å². The normalized spacial score (nSPS) is 11.2. The van der Waals surface area contributed by atoms with Crippen LogP contribution < -0.4 is 10.1 Å². The second kappa shape index (κ2) is 8.79. The summed E-state index contributed by atoms with van der Waals surface area (Å²) in [7, 11) is -3.52. The maximum atomic E-state index is 12.4. The third-order valence-corrected chi connectivity index (χ3v) is 4.68. The first-order valence-corrected chi connectivity index (χ1v) is 9.78. The van der Waals surface area contributed by atoms with Crippen molar-refractivity contribution in [1.29, 1.82) is 0 Å². The van der Waals surface area contributed by atoms with E-state index >= 15 is 0 Å². The van der Waals surface area contributed by atoms with Crippen molar-refractivity contribution in [3.8, 4) is 5.75 Å². The number of anilines is 1. The van der Waals surface area contributed by atoms with Crippen molar-refractivity contribution in [2.75, 3.05) is 18.2 Å². The van der Waals surface area contributed by atoms with E-state index in [0.717, 1.165) is 12.3 Å². The van der Waals surface area contributed by atoms with Crippen molar-refractivity contribution in [2.24, 2.45) is 0 Å². The number of alkyl halides is 2. The van der Waals surface area contributed by atoms with Gasteiger partial charge in [0.25, 0.3) is 5.91 Å². The molecule has 0 saturated carbocycles. The lowest BCUT2D eigenvalue weighted by Crippen LogP contribution is -2.22. The van der Waals surface area contributed by atoms with E-state index in [4.69, 9.17) is 4.74 Å². The van der Waals surface area contributed by atoms with Gasteiger partial charge in [-0.1, -0.05) is 18.2 Å². The van der Waals surface area contributed by atoms with Crippen molar-refractivity contribution in [3.63, 3.8) is 0 Å². The number of carbonyl (C=O) groups is 2. The molecule has 0 aliphatic carbocycles. The zero-order chi connectivity index (χ0) is 20.9. The Balaban J connectivity index is 2.05. The predicted molar refractivity (Wildman–Crippen MR) is 96.3 cm³/mol. The summed E-state index contributed by atoms with van der Waals surface area (Å²) in [5.41, 5.74) is 0.449. The van der Waals surface area contributed by atoms with Gasteiger partial charge < -0.3 is 14.8 Å². The molecule has 0 bridgehead atoms. The minimum absolute atomic E-state index is 0.00263. The molecule has 0 spiro atoms. The van der Waals surface area contributed by atoms with Crippen molar-refractivity contribution < 1.29 is 36.3 Å². The van der Waals surface area contributed by atoms with Gasteiger partial charge in [0.1, 0.15) is 5.75 Å². The molecular formula is C18H17F2NO6S. The molecule has 2 rings (SSSR count). The van der Waals surface area contributed by atoms with Crippen LogP contribution in [0.3, 0.4) is 0 Å². The lowest BCUT2D eigenvalue weighted by molar-refractivity contribution is -0.119. The fourth-order valence-corrected chi connectivity index (χ4v) is 2.86. The van der Waals surface area contributed by atoms with Gasteiger partial charge >= 0.3 is 12.6 Å². The summed E-state index contributed by atoms with van der Waals surface area (Å²) in [6, 6.07) is 9.51. The van der Waals surface area contributed by atoms with E-state index in [1.165, 1.54) is 36.4 Å². The molecule has 0 aromatic heterocycles. The zero-order valence-corrected chi connectivity index (χ0v) is 15.8. The molecule has 7 nitrogen and oxygen atoms in total. The number of esters is 1. The Morgan fingerprint density at radius 1 is 1.14 bits per heavy atom. The Hall–Kier alpha value is -3.01. The van der Waals surface area contributed by atoms with Crippen LogP contribution in [0.15, 0.2) is 47.4 Å². The average Bonchev–Trinajstić information content (AvgIpc) is 2.60. The molecule has 2 aromatic rings. The first kappa shape index (κ1) is 21.3. The highest BCUT2D eigenvalue weighted by molar-refractivity contribution is 7.90. The summed E-state index contributed by atoms with van der Waals surface area (Å²) in [5, 5.41) is 2.30. The van der Waals surface area contributed by atoms with Gasteiger partial charge in [-0.05, 0) is 36.8 Å². The second-order valence-corrected chi connectivity index (χ2v) is 7.76. The number of amides is 1. The molecule has 0 unspecified atom stereocenters. The summed E-state index contributed by atoms with van der Waals surface area (Å²) >= 11 is 0. The first-order chi connectivity index (χ1) is 13.1. The zero-order valence-electron chi connectivity index (χ0n) is 14.9. The number of hydrogen-bond acceptors (Lipinski definition) is 6. The third kappa shape index (κ3) is 5.74. The molecule has 10 heteroatoms. The molecule has 2 aromatic carbocycles. The fraction of sp³-hybridized carbons (Fsp3) is 0.222. The van der Waals surface area contributed by atoms with Crippen LogP contribution in [0.2, 0.25) is 0 Å². The van der Waals surface area contributed by atoms with Gasteiger partial charge in [0, 0.05) is 6.26 Å². The van der Waals surface area contributed by atoms with Crippen LogP contribution in [0, 0.1) is 6.92 Å². The SMILES string of the molecule is Cc1ccc(S(C)(=O)=O)cc1C(=O)OCC(=O)Nc1ccccc1OC(F)F. The molecule has 0 fully saturated rings. The Labute approximate surface area is 160 Å². The number of para-hydroxylation sites is 2. The third-order valence-electron chi connectivity index (χ3n) is 3.57. The van der Waals surface area contributed by atoms with Crippen LogP contribution in [-0.2, 0) is 19.4 Å². The maximum Gasteiger partial charge on any atom is 0.387 e. The molecule has 150 valence electrons. The highest BCUT2D eigenvalue weighted by atomic mass is 32.2. The van der Waals surface area contributed by atoms with Crippen molar-refractivity contribution >= 4 is 27.4 Å². The Bertz CT molecular complexity index is 991. The van der Waals surface area contributed by atoms with Gasteiger partial charge in [-0.2, -0.15) is 8.78 Å². The largest absolute Gasteiger partial charge is 0.452 e. The summed E-state index contributed by atoms with van der Waals surface area (Å²) in [6.45, 7) is -2.19. The fourth-order valence-electron chi connectivity index (χ4n) is 2.22. The number of sulfone groups is 1. The maximum absolute atomic E-state index is 12.4. The Morgan fingerprint density at radius 3 is 2.46 bits per heavy atom. The van der Waals surface area contributed by atoms with Gasteiger partial charge in [0.05, 0.1) is 16.1 Å². The van der Waals surface area contributed by atoms with Crippen LogP contribution in [0.5, 0.6) is 5.75 Å². The smallest absolute Gasteiger partial charge is 0.387 e. The molecule has 0 aliphatic heterocycles. The van der Waals surface area contributed by atoms with Crippen molar-refractivity contribution in [2.45, 2.75) is 18.4 Å². The topological polar surface area (TPSA) is 98.8 Å². The van der Waals surface area contributed by atoms with Gasteiger partial charge in [-0.25, -0.2) is 13.2 Å². The minimum Gasteiger partial charge on any atom is -0.452 e. The van der Waals surface area contributed by atoms with E-state index in [0.29, 0.717) is 5.56 Å². The minimum atomic E-state index is -3.52. The summed E-state index contributed by atoms with van der Waals surface area (Å²) in [5.74, 6) is -1.92. The van der Waals surface area contributed by atoms with Crippen LogP contribution >= 0.6 is 0 Å². The molecule has 0 atom stereocenters. The lowest BCUT2D eigenvalue weighted by atomic mass is 10.1. The highest BCUT2D eigenvalue weighted by Crippen LogP contribution is 2.25. The van der Waals surface area contributed by atoms with E-state index in [9.17, 15) is 26.8 Å². The molecule has 0 radical (unpaired) electrons. The first-order valence-electron chi connectivity index (χ1n) is 7.89. The number of carbonyl (C=O) groups excluding carboxylic acids is 2. The molecule has 1 N–H and O–H groups in total. The van der Waals surface area contributed by atoms with Crippen LogP contribution in [-0.4, -0.2) is 39.8 Å². The molecule has 0 heterocycles. The second-order valence-electron chi connectivity index (χ2n) is 5.75. The average molecular weight is 413 g/mol. The van der Waals surface area contributed by atoms with Crippen molar-refractivity contribution in [3.05, 3.63) is 53.6 Å². The molecule has 1 amide bonds. The summed E-state index contributed by atoms with van der Waals surface area (Å²) in [6.07, 6.45) is 0.999. The summed E-state index contributed by atoms with van der Waals surface area (Å²) in [4.78, 5) is 24.1. The van der Waals surface area contributed by atoms with Gasteiger partial charge in [-0.3, -0.25) is 4.79 Å². The van der Waals surface area contributed by atoms with E-state index in [1.54, 1.807) is 6.92 Å². The van der Waals surface area contributed by atoms with Crippen molar-refractivity contribution in [1.82, 2.24) is 0 Å². The monoisotopic (exact) mass is 413 g/mol. The molecule has 28 heavy (non-hydrogen) atoms. The Morgan fingerprint density at radius 2 is 1.82 bits per heavy atom. The number of halogens is 2. The molecular weight excluding hydrogens is 396 g/mol.